The number of aromatic nitrogens is 2. The van der Waals surface area contributed by atoms with Gasteiger partial charge in [-0.05, 0) is 20.3 Å². The van der Waals surface area contributed by atoms with Crippen LogP contribution in [0, 0.1) is 0 Å². The van der Waals surface area contributed by atoms with Gasteiger partial charge in [0.1, 0.15) is 0 Å². The lowest BCUT2D eigenvalue weighted by molar-refractivity contribution is 0.249. The molecule has 0 fully saturated rings. The molecule has 18 heavy (non-hydrogen) atoms. The van der Waals surface area contributed by atoms with E-state index in [1.54, 1.807) is 0 Å². The van der Waals surface area contributed by atoms with Gasteiger partial charge in [-0.25, -0.2) is 0 Å². The second-order valence-electron chi connectivity index (χ2n) is 5.49. The Labute approximate surface area is 110 Å². The van der Waals surface area contributed by atoms with Crippen molar-refractivity contribution in [1.29, 1.82) is 0 Å². The first kappa shape index (κ1) is 13.3. The Balaban J connectivity index is 1.91. The van der Waals surface area contributed by atoms with Crippen molar-refractivity contribution < 1.29 is 0 Å². The summed E-state index contributed by atoms with van der Waals surface area (Å²) < 4.78 is 2.04. The van der Waals surface area contributed by atoms with E-state index >= 15 is 0 Å². The molecule has 0 N–H and O–H groups in total. The second-order valence-corrected chi connectivity index (χ2v) is 5.49. The minimum absolute atomic E-state index is 0.450. The Morgan fingerprint density at radius 3 is 2.94 bits per heavy atom. The molecule has 1 aliphatic rings. The predicted octanol–water partition coefficient (Wildman–Crippen LogP) is 3.39. The molecule has 1 atom stereocenters. The smallest absolute Gasteiger partial charge is 0.0534 e. The van der Waals surface area contributed by atoms with Gasteiger partial charge in [0.05, 0.1) is 6.20 Å². The van der Waals surface area contributed by atoms with Crippen molar-refractivity contribution in [1.82, 2.24) is 14.7 Å². The largest absolute Gasteiger partial charge is 0.289 e. The van der Waals surface area contributed by atoms with Gasteiger partial charge in [-0.15, -0.1) is 0 Å². The molecular weight excluding hydrogens is 222 g/mol. The first-order valence-corrected chi connectivity index (χ1v) is 7.14. The Hall–Kier alpha value is -1.09. The molecule has 3 heteroatoms. The standard InChI is InChI=1S/C15H25N3/c1-4-5-7-15-8-6-9-17(15)11-14-10-16-18(12-14)13(2)3/h6,8,10,12-13,15H,4-5,7,9,11H2,1-3H3/t15-/m0/s1. The molecular formula is C15H25N3. The molecule has 3 nitrogen and oxygen atoms in total. The minimum Gasteiger partial charge on any atom is -0.289 e. The van der Waals surface area contributed by atoms with Gasteiger partial charge >= 0.3 is 0 Å². The highest BCUT2D eigenvalue weighted by atomic mass is 15.3. The van der Waals surface area contributed by atoms with Crippen molar-refractivity contribution in [3.63, 3.8) is 0 Å². The third-order valence-electron chi connectivity index (χ3n) is 3.59. The maximum absolute atomic E-state index is 4.41. The fourth-order valence-electron chi connectivity index (χ4n) is 2.46. The van der Waals surface area contributed by atoms with Gasteiger partial charge in [-0.1, -0.05) is 31.9 Å². The Bertz CT molecular complexity index is 392. The van der Waals surface area contributed by atoms with E-state index in [9.17, 15) is 0 Å². The van der Waals surface area contributed by atoms with Gasteiger partial charge < -0.3 is 0 Å². The zero-order valence-corrected chi connectivity index (χ0v) is 11.8. The van der Waals surface area contributed by atoms with Crippen molar-refractivity contribution in [3.05, 3.63) is 30.1 Å². The van der Waals surface area contributed by atoms with Crippen LogP contribution in [0.2, 0.25) is 0 Å². The van der Waals surface area contributed by atoms with Crippen LogP contribution in [0.1, 0.15) is 51.6 Å². The molecule has 2 heterocycles. The van der Waals surface area contributed by atoms with Gasteiger partial charge in [0, 0.05) is 36.9 Å². The van der Waals surface area contributed by atoms with Crippen molar-refractivity contribution in [2.24, 2.45) is 0 Å². The highest BCUT2D eigenvalue weighted by molar-refractivity contribution is 5.10. The van der Waals surface area contributed by atoms with Crippen LogP contribution < -0.4 is 0 Å². The molecule has 0 radical (unpaired) electrons. The highest BCUT2D eigenvalue weighted by Gasteiger charge is 2.19. The summed E-state index contributed by atoms with van der Waals surface area (Å²) in [5, 5.41) is 4.41. The fraction of sp³-hybridized carbons (Fsp3) is 0.667. The lowest BCUT2D eigenvalue weighted by atomic mass is 10.1. The van der Waals surface area contributed by atoms with Crippen molar-refractivity contribution in [2.45, 2.75) is 58.7 Å². The first-order valence-electron chi connectivity index (χ1n) is 7.14. The van der Waals surface area contributed by atoms with Crippen LogP contribution >= 0.6 is 0 Å². The van der Waals surface area contributed by atoms with Crippen LogP contribution in [0.25, 0.3) is 0 Å². The van der Waals surface area contributed by atoms with E-state index in [1.807, 2.05) is 10.9 Å². The second kappa shape index (κ2) is 6.19. The molecule has 100 valence electrons. The Morgan fingerprint density at radius 2 is 2.28 bits per heavy atom. The average molecular weight is 247 g/mol. The normalized spacial score (nSPS) is 20.1. The zero-order chi connectivity index (χ0) is 13.0. The average Bonchev–Trinajstić information content (AvgIpc) is 2.96. The number of rotatable bonds is 6. The van der Waals surface area contributed by atoms with Crippen LogP contribution in [-0.2, 0) is 6.54 Å². The lowest BCUT2D eigenvalue weighted by Gasteiger charge is -2.23. The van der Waals surface area contributed by atoms with E-state index in [0.717, 1.165) is 13.1 Å². The van der Waals surface area contributed by atoms with Crippen LogP contribution in [0.3, 0.4) is 0 Å². The first-order chi connectivity index (χ1) is 8.70. The molecule has 0 saturated heterocycles. The molecule has 0 saturated carbocycles. The van der Waals surface area contributed by atoms with Crippen LogP contribution in [-0.4, -0.2) is 27.3 Å². The predicted molar refractivity (Wildman–Crippen MR) is 75.5 cm³/mol. The Kier molecular flexibility index (Phi) is 4.59. The van der Waals surface area contributed by atoms with E-state index in [-0.39, 0.29) is 0 Å². The highest BCUT2D eigenvalue weighted by Crippen LogP contribution is 2.19. The van der Waals surface area contributed by atoms with Gasteiger partial charge in [0.25, 0.3) is 0 Å². The van der Waals surface area contributed by atoms with E-state index in [4.69, 9.17) is 0 Å². The number of unbranched alkanes of at least 4 members (excludes halogenated alkanes) is 1. The van der Waals surface area contributed by atoms with Gasteiger partial charge in [0.15, 0.2) is 0 Å². The quantitative estimate of drug-likeness (QED) is 0.718. The minimum atomic E-state index is 0.450. The monoisotopic (exact) mass is 247 g/mol. The summed E-state index contributed by atoms with van der Waals surface area (Å²) in [6, 6.07) is 1.08. The molecule has 0 unspecified atom stereocenters. The SMILES string of the molecule is CCCC[C@H]1C=CCN1Cc1cnn(C(C)C)c1. The summed E-state index contributed by atoms with van der Waals surface area (Å²) in [5.74, 6) is 0. The number of nitrogens with zero attached hydrogens (tertiary/aromatic N) is 3. The molecule has 1 aromatic heterocycles. The lowest BCUT2D eigenvalue weighted by Crippen LogP contribution is -2.29. The summed E-state index contributed by atoms with van der Waals surface area (Å²) in [6.45, 7) is 8.70. The number of hydrogen-bond donors (Lipinski definition) is 0. The Morgan fingerprint density at radius 1 is 1.44 bits per heavy atom. The summed E-state index contributed by atoms with van der Waals surface area (Å²) in [4.78, 5) is 2.54. The molecule has 0 bridgehead atoms. The van der Waals surface area contributed by atoms with E-state index in [1.165, 1.54) is 24.8 Å². The summed E-state index contributed by atoms with van der Waals surface area (Å²) in [6.07, 6.45) is 12.7. The summed E-state index contributed by atoms with van der Waals surface area (Å²) >= 11 is 0. The van der Waals surface area contributed by atoms with Gasteiger partial charge in [-0.2, -0.15) is 5.10 Å². The molecule has 2 rings (SSSR count). The molecule has 0 aliphatic carbocycles. The third-order valence-corrected chi connectivity index (χ3v) is 3.59. The zero-order valence-electron chi connectivity index (χ0n) is 11.8. The van der Waals surface area contributed by atoms with Crippen LogP contribution in [0.4, 0.5) is 0 Å². The van der Waals surface area contributed by atoms with Crippen molar-refractivity contribution in [2.75, 3.05) is 6.54 Å². The third kappa shape index (κ3) is 3.22. The molecule has 1 aromatic rings. The summed E-state index contributed by atoms with van der Waals surface area (Å²) in [5.41, 5.74) is 1.33. The molecule has 0 aromatic carbocycles. The van der Waals surface area contributed by atoms with Gasteiger partial charge in [-0.3, -0.25) is 9.58 Å². The maximum Gasteiger partial charge on any atom is 0.0534 e. The summed E-state index contributed by atoms with van der Waals surface area (Å²) in [7, 11) is 0. The van der Waals surface area contributed by atoms with E-state index < -0.39 is 0 Å². The van der Waals surface area contributed by atoms with Gasteiger partial charge in [0.2, 0.25) is 0 Å². The topological polar surface area (TPSA) is 21.1 Å². The van der Waals surface area contributed by atoms with Crippen molar-refractivity contribution >= 4 is 0 Å². The fourth-order valence-corrected chi connectivity index (χ4v) is 2.46. The van der Waals surface area contributed by atoms with Crippen LogP contribution in [0.15, 0.2) is 24.5 Å². The number of hydrogen-bond acceptors (Lipinski definition) is 2. The van der Waals surface area contributed by atoms with Crippen LogP contribution in [0.5, 0.6) is 0 Å². The maximum atomic E-state index is 4.41. The molecule has 0 spiro atoms. The van der Waals surface area contributed by atoms with Crippen molar-refractivity contribution in [3.8, 4) is 0 Å². The molecule has 0 amide bonds. The molecule has 1 aliphatic heterocycles. The van der Waals surface area contributed by atoms with E-state index in [0.29, 0.717) is 12.1 Å². The van der Waals surface area contributed by atoms with E-state index in [2.05, 4.69) is 49.1 Å².